The minimum absolute atomic E-state index is 0.0969. The molecular formula is C23H30N2O6. The summed E-state index contributed by atoms with van der Waals surface area (Å²) in [5.41, 5.74) is 1.28. The van der Waals surface area contributed by atoms with Crippen LogP contribution in [0.2, 0.25) is 0 Å². The summed E-state index contributed by atoms with van der Waals surface area (Å²) in [6, 6.07) is 12.3. The molecule has 0 aliphatic carbocycles. The van der Waals surface area contributed by atoms with E-state index in [1.807, 2.05) is 19.9 Å². The number of para-hydroxylation sites is 1. The summed E-state index contributed by atoms with van der Waals surface area (Å²) in [5, 5.41) is 5.55. The van der Waals surface area contributed by atoms with E-state index in [0.29, 0.717) is 55.7 Å². The lowest BCUT2D eigenvalue weighted by atomic mass is 10.1. The number of methoxy groups -OCH3 is 1. The first kappa shape index (κ1) is 24.0. The molecule has 0 fully saturated rings. The number of carbonyl (C=O) groups is 2. The molecule has 0 bridgehead atoms. The van der Waals surface area contributed by atoms with Gasteiger partial charge in [-0.2, -0.15) is 0 Å². The number of nitrogens with one attached hydrogen (secondary N) is 2. The zero-order valence-corrected chi connectivity index (χ0v) is 18.2. The Kier molecular flexibility index (Phi) is 10.2. The lowest BCUT2D eigenvalue weighted by molar-refractivity contribution is -0.123. The fraction of sp³-hybridized carbons (Fsp3) is 0.391. The smallest absolute Gasteiger partial charge is 0.257 e. The maximum atomic E-state index is 12.7. The lowest BCUT2D eigenvalue weighted by Crippen LogP contribution is -2.28. The van der Waals surface area contributed by atoms with Crippen molar-refractivity contribution in [3.8, 4) is 17.2 Å². The maximum absolute atomic E-state index is 12.7. The third kappa shape index (κ3) is 7.82. The predicted octanol–water partition coefficient (Wildman–Crippen LogP) is 2.56. The summed E-state index contributed by atoms with van der Waals surface area (Å²) < 4.78 is 21.8. The van der Waals surface area contributed by atoms with Crippen molar-refractivity contribution in [3.05, 3.63) is 53.6 Å². The highest BCUT2D eigenvalue weighted by molar-refractivity contribution is 5.96. The number of amides is 2. The third-order valence-corrected chi connectivity index (χ3v) is 4.23. The SMILES string of the molecule is CCNC(=O)COc1ccc(CNC(=O)c2ccccc2OCCOCC)cc1OC. The standard InChI is InChI=1S/C23H30N2O6/c1-4-24-22(26)16-31-20-11-10-17(14-21(20)28-3)15-25-23(27)18-8-6-7-9-19(18)30-13-12-29-5-2/h6-11,14H,4-5,12-13,15-16H2,1-3H3,(H,24,26)(H,25,27). The molecule has 0 saturated carbocycles. The van der Waals surface area contributed by atoms with Gasteiger partial charge in [-0.05, 0) is 43.7 Å². The van der Waals surface area contributed by atoms with Gasteiger partial charge in [-0.15, -0.1) is 0 Å². The first-order valence-corrected chi connectivity index (χ1v) is 10.2. The second kappa shape index (κ2) is 13.1. The number of ether oxygens (including phenoxy) is 4. The van der Waals surface area contributed by atoms with Crippen LogP contribution in [0.3, 0.4) is 0 Å². The number of likely N-dealkylation sites (N-methyl/N-ethyl adjacent to an activating group) is 1. The van der Waals surface area contributed by atoms with E-state index in [1.165, 1.54) is 7.11 Å². The quantitative estimate of drug-likeness (QED) is 0.474. The summed E-state index contributed by atoms with van der Waals surface area (Å²) in [6.07, 6.45) is 0. The molecule has 0 saturated heterocycles. The van der Waals surface area contributed by atoms with E-state index in [0.717, 1.165) is 5.56 Å². The predicted molar refractivity (Wildman–Crippen MR) is 117 cm³/mol. The molecule has 2 rings (SSSR count). The van der Waals surface area contributed by atoms with Crippen molar-refractivity contribution < 1.29 is 28.5 Å². The number of hydrogen-bond acceptors (Lipinski definition) is 6. The van der Waals surface area contributed by atoms with Crippen LogP contribution in [-0.2, 0) is 16.1 Å². The van der Waals surface area contributed by atoms with Crippen LogP contribution >= 0.6 is 0 Å². The van der Waals surface area contributed by atoms with Crippen LogP contribution in [-0.4, -0.2) is 51.9 Å². The van der Waals surface area contributed by atoms with Gasteiger partial charge in [0.05, 0.1) is 19.3 Å². The van der Waals surface area contributed by atoms with E-state index >= 15 is 0 Å². The molecule has 2 aromatic carbocycles. The monoisotopic (exact) mass is 430 g/mol. The highest BCUT2D eigenvalue weighted by Gasteiger charge is 2.13. The molecule has 0 heterocycles. The molecule has 8 heteroatoms. The van der Waals surface area contributed by atoms with E-state index < -0.39 is 0 Å². The summed E-state index contributed by atoms with van der Waals surface area (Å²) in [5.74, 6) is 0.990. The summed E-state index contributed by atoms with van der Waals surface area (Å²) in [7, 11) is 1.52. The van der Waals surface area contributed by atoms with Gasteiger partial charge in [0, 0.05) is 19.7 Å². The van der Waals surface area contributed by atoms with Gasteiger partial charge >= 0.3 is 0 Å². The topological polar surface area (TPSA) is 95.1 Å². The zero-order valence-electron chi connectivity index (χ0n) is 18.2. The van der Waals surface area contributed by atoms with E-state index in [4.69, 9.17) is 18.9 Å². The molecule has 0 unspecified atom stereocenters. The van der Waals surface area contributed by atoms with Crippen LogP contribution < -0.4 is 24.8 Å². The van der Waals surface area contributed by atoms with Crippen molar-refractivity contribution in [2.24, 2.45) is 0 Å². The molecule has 0 spiro atoms. The Hall–Kier alpha value is -3.26. The van der Waals surface area contributed by atoms with Crippen LogP contribution in [0, 0.1) is 0 Å². The van der Waals surface area contributed by atoms with Crippen molar-refractivity contribution in [2.75, 3.05) is 40.1 Å². The Balaban J connectivity index is 1.96. The minimum atomic E-state index is -0.248. The molecule has 168 valence electrons. The molecule has 31 heavy (non-hydrogen) atoms. The van der Waals surface area contributed by atoms with Crippen LogP contribution in [0.5, 0.6) is 17.2 Å². The highest BCUT2D eigenvalue weighted by atomic mass is 16.5. The van der Waals surface area contributed by atoms with Crippen molar-refractivity contribution in [2.45, 2.75) is 20.4 Å². The van der Waals surface area contributed by atoms with Gasteiger partial charge in [0.2, 0.25) is 0 Å². The first-order valence-electron chi connectivity index (χ1n) is 10.2. The normalized spacial score (nSPS) is 10.3. The summed E-state index contributed by atoms with van der Waals surface area (Å²) >= 11 is 0. The minimum Gasteiger partial charge on any atom is -0.493 e. The fourth-order valence-electron chi connectivity index (χ4n) is 2.75. The van der Waals surface area contributed by atoms with E-state index in [9.17, 15) is 9.59 Å². The number of hydrogen-bond donors (Lipinski definition) is 2. The molecule has 8 nitrogen and oxygen atoms in total. The second-order valence-electron chi connectivity index (χ2n) is 6.45. The summed E-state index contributed by atoms with van der Waals surface area (Å²) in [4.78, 5) is 24.2. The van der Waals surface area contributed by atoms with Gasteiger partial charge in [-0.3, -0.25) is 9.59 Å². The second-order valence-corrected chi connectivity index (χ2v) is 6.45. The molecule has 2 N–H and O–H groups in total. The molecule has 0 atom stereocenters. The van der Waals surface area contributed by atoms with E-state index in [2.05, 4.69) is 10.6 Å². The van der Waals surface area contributed by atoms with Gasteiger partial charge < -0.3 is 29.6 Å². The van der Waals surface area contributed by atoms with E-state index in [-0.39, 0.29) is 18.4 Å². The Bertz CT molecular complexity index is 856. The molecule has 0 aliphatic rings. The van der Waals surface area contributed by atoms with Gasteiger partial charge in [0.25, 0.3) is 11.8 Å². The molecule has 2 amide bonds. The van der Waals surface area contributed by atoms with Crippen LogP contribution in [0.15, 0.2) is 42.5 Å². The largest absolute Gasteiger partial charge is 0.493 e. The first-order chi connectivity index (χ1) is 15.1. The van der Waals surface area contributed by atoms with Crippen LogP contribution in [0.1, 0.15) is 29.8 Å². The Morgan fingerprint density at radius 3 is 2.45 bits per heavy atom. The number of benzene rings is 2. The van der Waals surface area contributed by atoms with Crippen LogP contribution in [0.4, 0.5) is 0 Å². The van der Waals surface area contributed by atoms with Crippen molar-refractivity contribution in [3.63, 3.8) is 0 Å². The maximum Gasteiger partial charge on any atom is 0.257 e. The molecule has 2 aromatic rings. The zero-order chi connectivity index (χ0) is 22.5. The van der Waals surface area contributed by atoms with E-state index in [1.54, 1.807) is 36.4 Å². The van der Waals surface area contributed by atoms with Crippen molar-refractivity contribution in [1.29, 1.82) is 0 Å². The fourth-order valence-corrected chi connectivity index (χ4v) is 2.75. The average Bonchev–Trinajstić information content (AvgIpc) is 2.79. The number of carbonyl (C=O) groups excluding carboxylic acids is 2. The number of rotatable bonds is 13. The Morgan fingerprint density at radius 2 is 1.71 bits per heavy atom. The van der Waals surface area contributed by atoms with Gasteiger partial charge in [0.15, 0.2) is 18.1 Å². The Morgan fingerprint density at radius 1 is 0.903 bits per heavy atom. The molecule has 0 aliphatic heterocycles. The molecule has 0 aromatic heterocycles. The third-order valence-electron chi connectivity index (χ3n) is 4.23. The molecule has 0 radical (unpaired) electrons. The average molecular weight is 431 g/mol. The van der Waals surface area contributed by atoms with Crippen molar-refractivity contribution in [1.82, 2.24) is 10.6 Å². The van der Waals surface area contributed by atoms with Crippen LogP contribution in [0.25, 0.3) is 0 Å². The highest BCUT2D eigenvalue weighted by Crippen LogP contribution is 2.28. The Labute approximate surface area is 182 Å². The lowest BCUT2D eigenvalue weighted by Gasteiger charge is -2.14. The van der Waals surface area contributed by atoms with Gasteiger partial charge in [0.1, 0.15) is 12.4 Å². The summed E-state index contributed by atoms with van der Waals surface area (Å²) in [6.45, 7) is 5.93. The molecular weight excluding hydrogens is 400 g/mol. The van der Waals surface area contributed by atoms with Gasteiger partial charge in [-0.25, -0.2) is 0 Å². The van der Waals surface area contributed by atoms with Crippen molar-refractivity contribution >= 4 is 11.8 Å². The van der Waals surface area contributed by atoms with Gasteiger partial charge in [-0.1, -0.05) is 18.2 Å².